The van der Waals surface area contributed by atoms with Crippen LogP contribution in [0.5, 0.6) is 0 Å². The molecule has 5 nitrogen and oxygen atoms in total. The fourth-order valence-corrected chi connectivity index (χ4v) is 3.93. The van der Waals surface area contributed by atoms with Gasteiger partial charge >= 0.3 is 0 Å². The van der Waals surface area contributed by atoms with Crippen LogP contribution in [-0.4, -0.2) is 33.4 Å². The molecule has 0 aromatic carbocycles. The Labute approximate surface area is 133 Å². The molecule has 3 rings (SSSR count). The first-order valence-corrected chi connectivity index (χ1v) is 8.62. The van der Waals surface area contributed by atoms with Crippen molar-refractivity contribution in [2.75, 3.05) is 13.1 Å². The fourth-order valence-electron chi connectivity index (χ4n) is 2.95. The number of thiophene rings is 1. The Morgan fingerprint density at radius 1 is 1.27 bits per heavy atom. The quantitative estimate of drug-likeness (QED) is 0.873. The van der Waals surface area contributed by atoms with Crippen LogP contribution in [-0.2, 0) is 11.3 Å². The molecule has 0 bridgehead atoms. The van der Waals surface area contributed by atoms with Crippen LogP contribution in [0.25, 0.3) is 10.2 Å². The summed E-state index contributed by atoms with van der Waals surface area (Å²) in [6.45, 7) is 6.08. The maximum absolute atomic E-state index is 12.6. The molecule has 1 saturated heterocycles. The molecule has 1 aliphatic rings. The van der Waals surface area contributed by atoms with Gasteiger partial charge in [0.2, 0.25) is 5.91 Å². The predicted octanol–water partition coefficient (Wildman–Crippen LogP) is 2.48. The molecule has 2 aromatic heterocycles. The molecule has 0 unspecified atom stereocenters. The molecule has 0 atom stereocenters. The van der Waals surface area contributed by atoms with E-state index < -0.39 is 0 Å². The number of likely N-dealkylation sites (tertiary alicyclic amines) is 1. The number of hydrogen-bond donors (Lipinski definition) is 0. The lowest BCUT2D eigenvalue weighted by atomic mass is 10.1. The van der Waals surface area contributed by atoms with Gasteiger partial charge in [0.25, 0.3) is 5.56 Å². The SMILES string of the molecule is Cc1sc2ncn(CCC(=O)N3CCCCC3)c(=O)c2c1C. The van der Waals surface area contributed by atoms with E-state index in [9.17, 15) is 9.59 Å². The van der Waals surface area contributed by atoms with Crippen molar-refractivity contribution in [3.8, 4) is 0 Å². The van der Waals surface area contributed by atoms with Crippen LogP contribution in [0.1, 0.15) is 36.1 Å². The number of fused-ring (bicyclic) bond motifs is 1. The third-order valence-corrected chi connectivity index (χ3v) is 5.55. The van der Waals surface area contributed by atoms with E-state index in [2.05, 4.69) is 4.98 Å². The van der Waals surface area contributed by atoms with Crippen molar-refractivity contribution >= 4 is 27.5 Å². The van der Waals surface area contributed by atoms with Gasteiger partial charge in [0, 0.05) is 30.9 Å². The summed E-state index contributed by atoms with van der Waals surface area (Å²) in [5.74, 6) is 0.143. The Kier molecular flexibility index (Phi) is 4.29. The Hall–Kier alpha value is -1.69. The number of aromatic nitrogens is 2. The average Bonchev–Trinajstić information content (AvgIpc) is 2.83. The third-order valence-electron chi connectivity index (χ3n) is 4.43. The maximum Gasteiger partial charge on any atom is 0.262 e. The highest BCUT2D eigenvalue weighted by Crippen LogP contribution is 2.25. The van der Waals surface area contributed by atoms with Crippen molar-refractivity contribution in [2.45, 2.75) is 46.1 Å². The zero-order valence-corrected chi connectivity index (χ0v) is 13.9. The minimum Gasteiger partial charge on any atom is -0.343 e. The Balaban J connectivity index is 1.76. The predicted molar refractivity (Wildman–Crippen MR) is 88.4 cm³/mol. The highest BCUT2D eigenvalue weighted by atomic mass is 32.1. The van der Waals surface area contributed by atoms with E-state index in [1.807, 2.05) is 18.7 Å². The van der Waals surface area contributed by atoms with Crippen LogP contribution in [0.3, 0.4) is 0 Å². The standard InChI is InChI=1S/C16H21N3O2S/c1-11-12(2)22-15-14(11)16(21)19(10-17-15)9-6-13(20)18-7-4-3-5-8-18/h10H,3-9H2,1-2H3. The summed E-state index contributed by atoms with van der Waals surface area (Å²) in [7, 11) is 0. The topological polar surface area (TPSA) is 55.2 Å². The van der Waals surface area contributed by atoms with Gasteiger partial charge in [-0.05, 0) is 38.7 Å². The molecule has 118 valence electrons. The first-order chi connectivity index (χ1) is 10.6. The van der Waals surface area contributed by atoms with Crippen LogP contribution in [0.4, 0.5) is 0 Å². The number of aryl methyl sites for hydroxylation is 3. The average molecular weight is 319 g/mol. The first kappa shape index (κ1) is 15.2. The number of carbonyl (C=O) groups is 1. The number of rotatable bonds is 3. The molecule has 2 aromatic rings. The Bertz CT molecular complexity index is 757. The van der Waals surface area contributed by atoms with Gasteiger partial charge in [-0.25, -0.2) is 4.98 Å². The van der Waals surface area contributed by atoms with E-state index in [0.29, 0.717) is 18.4 Å². The molecule has 22 heavy (non-hydrogen) atoms. The molecular weight excluding hydrogens is 298 g/mol. The first-order valence-electron chi connectivity index (χ1n) is 7.81. The molecule has 1 aliphatic heterocycles. The second kappa shape index (κ2) is 6.20. The van der Waals surface area contributed by atoms with E-state index in [4.69, 9.17) is 0 Å². The van der Waals surface area contributed by atoms with Gasteiger partial charge in [0.1, 0.15) is 4.83 Å². The van der Waals surface area contributed by atoms with Gasteiger partial charge in [-0.15, -0.1) is 11.3 Å². The van der Waals surface area contributed by atoms with E-state index in [1.54, 1.807) is 22.2 Å². The number of piperidine rings is 1. The van der Waals surface area contributed by atoms with Crippen molar-refractivity contribution < 1.29 is 4.79 Å². The highest BCUT2D eigenvalue weighted by Gasteiger charge is 2.17. The van der Waals surface area contributed by atoms with Gasteiger partial charge in [-0.1, -0.05) is 0 Å². The fraction of sp³-hybridized carbons (Fsp3) is 0.562. The molecule has 0 spiro atoms. The zero-order chi connectivity index (χ0) is 15.7. The van der Waals surface area contributed by atoms with Gasteiger partial charge in [0.05, 0.1) is 11.7 Å². The summed E-state index contributed by atoms with van der Waals surface area (Å²) < 4.78 is 1.57. The maximum atomic E-state index is 12.6. The van der Waals surface area contributed by atoms with Crippen LogP contribution >= 0.6 is 11.3 Å². The summed E-state index contributed by atoms with van der Waals surface area (Å²) >= 11 is 1.55. The summed E-state index contributed by atoms with van der Waals surface area (Å²) in [6, 6.07) is 0. The van der Waals surface area contributed by atoms with Gasteiger partial charge in [-0.2, -0.15) is 0 Å². The second-order valence-corrected chi connectivity index (χ2v) is 7.10. The van der Waals surface area contributed by atoms with E-state index in [1.165, 1.54) is 6.42 Å². The van der Waals surface area contributed by atoms with Crippen LogP contribution in [0.2, 0.25) is 0 Å². The minimum absolute atomic E-state index is 0.0294. The summed E-state index contributed by atoms with van der Waals surface area (Å²) in [5, 5.41) is 0.704. The molecule has 6 heteroatoms. The molecule has 0 radical (unpaired) electrons. The Morgan fingerprint density at radius 3 is 2.73 bits per heavy atom. The Morgan fingerprint density at radius 2 is 2.00 bits per heavy atom. The highest BCUT2D eigenvalue weighted by molar-refractivity contribution is 7.18. The summed E-state index contributed by atoms with van der Waals surface area (Å²) in [6.07, 6.45) is 5.33. The van der Waals surface area contributed by atoms with Gasteiger partial charge < -0.3 is 4.90 Å². The molecule has 0 N–H and O–H groups in total. The summed E-state index contributed by atoms with van der Waals surface area (Å²) in [5.41, 5.74) is 0.979. The summed E-state index contributed by atoms with van der Waals surface area (Å²) in [4.78, 5) is 33.0. The monoisotopic (exact) mass is 319 g/mol. The molecule has 3 heterocycles. The van der Waals surface area contributed by atoms with Gasteiger partial charge in [0.15, 0.2) is 0 Å². The van der Waals surface area contributed by atoms with Crippen molar-refractivity contribution in [3.05, 3.63) is 27.1 Å². The number of hydrogen-bond acceptors (Lipinski definition) is 4. The number of carbonyl (C=O) groups excluding carboxylic acids is 1. The minimum atomic E-state index is -0.0294. The number of amides is 1. The molecule has 1 fully saturated rings. The molecule has 0 saturated carbocycles. The van der Waals surface area contributed by atoms with Crippen LogP contribution in [0, 0.1) is 13.8 Å². The van der Waals surface area contributed by atoms with Crippen molar-refractivity contribution in [2.24, 2.45) is 0 Å². The normalized spacial score (nSPS) is 15.5. The van der Waals surface area contributed by atoms with Gasteiger partial charge in [-0.3, -0.25) is 14.2 Å². The van der Waals surface area contributed by atoms with Crippen LogP contribution < -0.4 is 5.56 Å². The molecule has 0 aliphatic carbocycles. The van der Waals surface area contributed by atoms with Crippen molar-refractivity contribution in [3.63, 3.8) is 0 Å². The molecular formula is C16H21N3O2S. The van der Waals surface area contributed by atoms with Crippen molar-refractivity contribution in [1.29, 1.82) is 0 Å². The lowest BCUT2D eigenvalue weighted by Gasteiger charge is -2.26. The third kappa shape index (κ3) is 2.79. The van der Waals surface area contributed by atoms with E-state index in [0.717, 1.165) is 41.2 Å². The zero-order valence-electron chi connectivity index (χ0n) is 13.1. The van der Waals surface area contributed by atoms with E-state index in [-0.39, 0.29) is 11.5 Å². The van der Waals surface area contributed by atoms with E-state index >= 15 is 0 Å². The molecule has 1 amide bonds. The van der Waals surface area contributed by atoms with Crippen molar-refractivity contribution in [1.82, 2.24) is 14.5 Å². The lowest BCUT2D eigenvalue weighted by molar-refractivity contribution is -0.132. The number of nitrogens with zero attached hydrogens (tertiary/aromatic N) is 3. The smallest absolute Gasteiger partial charge is 0.262 e. The lowest BCUT2D eigenvalue weighted by Crippen LogP contribution is -2.36. The largest absolute Gasteiger partial charge is 0.343 e. The second-order valence-electron chi connectivity index (χ2n) is 5.90. The van der Waals surface area contributed by atoms with Crippen LogP contribution in [0.15, 0.2) is 11.1 Å².